The predicted octanol–water partition coefficient (Wildman–Crippen LogP) is 8.17. The highest BCUT2D eigenvalue weighted by molar-refractivity contribution is 5.95. The first kappa shape index (κ1) is 51.0. The number of likely N-dealkylation sites (tertiary alicyclic amines) is 1. The van der Waals surface area contributed by atoms with Gasteiger partial charge in [-0.15, -0.1) is 0 Å². The molecule has 1 saturated heterocycles. The van der Waals surface area contributed by atoms with Gasteiger partial charge in [-0.05, 0) is 86.1 Å². The van der Waals surface area contributed by atoms with Crippen molar-refractivity contribution in [1.29, 1.82) is 5.26 Å². The normalized spacial score (nSPS) is 19.0. The number of carbonyl (C=O) groups excluding carboxylic acids is 4. The lowest BCUT2D eigenvalue weighted by Crippen LogP contribution is -2.74. The number of carbonyl (C=O) groups is 4. The van der Waals surface area contributed by atoms with Gasteiger partial charge in [-0.3, -0.25) is 19.2 Å². The van der Waals surface area contributed by atoms with E-state index in [0.29, 0.717) is 55.9 Å². The Balaban J connectivity index is 0.892. The summed E-state index contributed by atoms with van der Waals surface area (Å²) in [5.41, 5.74) is -0.529. The number of hydrogen-bond donors (Lipinski definition) is 3. The van der Waals surface area contributed by atoms with Crippen LogP contribution in [0.25, 0.3) is 11.3 Å². The molecule has 1 saturated carbocycles. The van der Waals surface area contributed by atoms with Gasteiger partial charge in [0.25, 0.3) is 5.91 Å². The van der Waals surface area contributed by atoms with Crippen molar-refractivity contribution in [2.45, 2.75) is 118 Å². The minimum absolute atomic E-state index is 0.00946. The molecule has 2 atom stereocenters. The van der Waals surface area contributed by atoms with Crippen molar-refractivity contribution in [3.63, 3.8) is 0 Å². The number of unbranched alkanes of at least 4 members (excludes halogenated alkanes) is 1. The Morgan fingerprint density at radius 2 is 1.60 bits per heavy atom. The van der Waals surface area contributed by atoms with Crippen molar-refractivity contribution in [1.82, 2.24) is 25.8 Å². The first-order chi connectivity index (χ1) is 32.0. The van der Waals surface area contributed by atoms with Crippen molar-refractivity contribution in [3.8, 4) is 28.9 Å². The van der Waals surface area contributed by atoms with Gasteiger partial charge in [0.2, 0.25) is 17.7 Å². The molecule has 0 spiro atoms. The third-order valence-corrected chi connectivity index (χ3v) is 12.8. The van der Waals surface area contributed by atoms with Crippen LogP contribution in [-0.4, -0.2) is 84.1 Å². The van der Waals surface area contributed by atoms with Gasteiger partial charge in [-0.1, -0.05) is 72.7 Å². The van der Waals surface area contributed by atoms with Crippen LogP contribution >= 0.6 is 0 Å². The molecule has 364 valence electrons. The number of halogens is 3. The lowest BCUT2D eigenvalue weighted by atomic mass is 9.49. The summed E-state index contributed by atoms with van der Waals surface area (Å²) in [7, 11) is 0. The van der Waals surface area contributed by atoms with E-state index in [2.05, 4.69) is 20.9 Å². The molecular formula is C51H61F3N6O8. The zero-order valence-electron chi connectivity index (χ0n) is 39.8. The zero-order valence-corrected chi connectivity index (χ0v) is 39.8. The molecule has 0 bridgehead atoms. The topological polar surface area (TPSA) is 185 Å². The van der Waals surface area contributed by atoms with Gasteiger partial charge in [0.05, 0.1) is 29.5 Å². The van der Waals surface area contributed by atoms with Crippen LogP contribution < -0.4 is 25.4 Å². The molecule has 1 aromatic heterocycles. The van der Waals surface area contributed by atoms with E-state index in [1.54, 1.807) is 35.2 Å². The lowest BCUT2D eigenvalue weighted by molar-refractivity contribution is -0.164. The minimum Gasteiger partial charge on any atom is -0.494 e. The van der Waals surface area contributed by atoms with Crippen molar-refractivity contribution < 1.29 is 51.0 Å². The molecule has 4 amide bonds. The van der Waals surface area contributed by atoms with E-state index in [9.17, 15) is 32.3 Å². The Bertz CT molecular complexity index is 2460. The highest BCUT2D eigenvalue weighted by atomic mass is 19.4. The average Bonchev–Trinajstić information content (AvgIpc) is 3.97. The smallest absolute Gasteiger partial charge is 0.417 e. The van der Waals surface area contributed by atoms with E-state index in [4.69, 9.17) is 23.9 Å². The first-order valence-corrected chi connectivity index (χ1v) is 22.8. The van der Waals surface area contributed by atoms with E-state index >= 15 is 0 Å². The van der Waals surface area contributed by atoms with Crippen LogP contribution in [0.15, 0.2) is 77.5 Å². The quantitative estimate of drug-likeness (QED) is 0.0823. The Kier molecular flexibility index (Phi) is 15.6. The molecule has 0 unspecified atom stereocenters. The zero-order chi connectivity index (χ0) is 49.6. The average molecular weight is 943 g/mol. The largest absolute Gasteiger partial charge is 0.494 e. The number of benzene rings is 3. The summed E-state index contributed by atoms with van der Waals surface area (Å²) < 4.78 is 63.8. The van der Waals surface area contributed by atoms with Crippen molar-refractivity contribution >= 4 is 23.6 Å². The number of oxazole rings is 1. The molecule has 2 heterocycles. The molecule has 2 aliphatic rings. The summed E-state index contributed by atoms with van der Waals surface area (Å²) >= 11 is 0. The number of aryl methyl sites for hydroxylation is 1. The fourth-order valence-electron chi connectivity index (χ4n) is 9.42. The standard InChI is InChI=1S/C51H61F3N6O8/c1-31-41(67-30-57-31)33-15-13-32(14-16-33)28-56-44(63)39-12-11-23-60(39)45(64)42(48(2,3)4)58-40(61)29-65-24-9-10-25-66-36-20-17-34(18-21-36)43(62)59-46-49(5,6)47(50(46,7)8)68-37-22-19-35(27-55)38(26-37)51(52,53)54/h13-22,26,30,39,42,46-47H,9-12,23-25,28-29H2,1-8H3,(H,56,63)(H,58,61)(H,59,62)/t39-,42+,46-,47-/m0/s1. The van der Waals surface area contributed by atoms with E-state index < -0.39 is 57.6 Å². The Morgan fingerprint density at radius 1 is 0.941 bits per heavy atom. The molecule has 1 aliphatic carbocycles. The SMILES string of the molecule is Cc1ncoc1-c1ccc(CNC(=O)[C@@H]2CCCN2C(=O)[C@@H](NC(=O)COCCCCOc2ccc(C(=O)N[C@H]3C(C)(C)[C@H](Oc4ccc(C#N)c(C(F)(F)F)c4)C3(C)C)cc2)C(C)(C)C)cc1. The first-order valence-electron chi connectivity index (χ1n) is 22.8. The molecule has 14 nitrogen and oxygen atoms in total. The van der Waals surface area contributed by atoms with Crippen molar-refractivity contribution in [3.05, 3.63) is 101 Å². The number of nitriles is 1. The lowest BCUT2D eigenvalue weighted by Gasteiger charge is -2.63. The molecule has 3 aromatic carbocycles. The van der Waals surface area contributed by atoms with E-state index in [0.717, 1.165) is 29.0 Å². The Morgan fingerprint density at radius 3 is 2.22 bits per heavy atom. The summed E-state index contributed by atoms with van der Waals surface area (Å²) in [4.78, 5) is 59.4. The van der Waals surface area contributed by atoms with Gasteiger partial charge < -0.3 is 39.5 Å². The number of nitrogens with one attached hydrogen (secondary N) is 3. The fraction of sp³-hybridized carbons (Fsp3) is 0.490. The number of ether oxygens (including phenoxy) is 3. The third-order valence-electron chi connectivity index (χ3n) is 12.8. The Labute approximate surface area is 395 Å². The maximum Gasteiger partial charge on any atom is 0.417 e. The fourth-order valence-corrected chi connectivity index (χ4v) is 9.42. The molecule has 1 aliphatic heterocycles. The maximum absolute atomic E-state index is 13.9. The summed E-state index contributed by atoms with van der Waals surface area (Å²) in [6.45, 7) is 16.1. The molecule has 68 heavy (non-hydrogen) atoms. The van der Waals surface area contributed by atoms with Crippen molar-refractivity contribution in [2.75, 3.05) is 26.4 Å². The summed E-state index contributed by atoms with van der Waals surface area (Å²) in [5, 5.41) is 18.1. The maximum atomic E-state index is 13.9. The molecule has 0 radical (unpaired) electrons. The second-order valence-corrected chi connectivity index (χ2v) is 19.7. The van der Waals surface area contributed by atoms with E-state index in [-0.39, 0.29) is 49.3 Å². The molecule has 4 aromatic rings. The van der Waals surface area contributed by atoms with Gasteiger partial charge >= 0.3 is 6.18 Å². The third kappa shape index (κ3) is 11.8. The van der Waals surface area contributed by atoms with Crippen LogP contribution in [0.3, 0.4) is 0 Å². The second-order valence-electron chi connectivity index (χ2n) is 19.7. The number of hydrogen-bond acceptors (Lipinski definition) is 10. The molecule has 6 rings (SSSR count). The van der Waals surface area contributed by atoms with E-state index in [1.807, 2.05) is 79.7 Å². The van der Waals surface area contributed by atoms with Gasteiger partial charge in [0.15, 0.2) is 12.2 Å². The van der Waals surface area contributed by atoms with E-state index in [1.165, 1.54) is 12.5 Å². The Hall–Kier alpha value is -6.41. The summed E-state index contributed by atoms with van der Waals surface area (Å²) in [5.74, 6) is -0.0905. The highest BCUT2D eigenvalue weighted by Gasteiger charge is 2.64. The summed E-state index contributed by atoms with van der Waals surface area (Å²) in [6, 6.07) is 17.3. The predicted molar refractivity (Wildman–Crippen MR) is 246 cm³/mol. The molecular weight excluding hydrogens is 882 g/mol. The number of aromatic nitrogens is 1. The molecule has 17 heteroatoms. The van der Waals surface area contributed by atoms with Crippen LogP contribution in [-0.2, 0) is 31.8 Å². The van der Waals surface area contributed by atoms with Crippen molar-refractivity contribution in [2.24, 2.45) is 16.2 Å². The van der Waals surface area contributed by atoms with Gasteiger partial charge in [0, 0.05) is 47.7 Å². The van der Waals surface area contributed by atoms with Gasteiger partial charge in [0.1, 0.15) is 36.3 Å². The van der Waals surface area contributed by atoms with Crippen LogP contribution in [0.5, 0.6) is 11.5 Å². The second kappa shape index (κ2) is 20.8. The van der Waals surface area contributed by atoms with Crippen LogP contribution in [0.1, 0.15) is 107 Å². The number of amides is 4. The number of rotatable bonds is 18. The molecule has 3 N–H and O–H groups in total. The monoisotopic (exact) mass is 942 g/mol. The molecule has 2 fully saturated rings. The highest BCUT2D eigenvalue weighted by Crippen LogP contribution is 2.56. The number of alkyl halides is 3. The van der Waals surface area contributed by atoms with Crippen LogP contribution in [0.4, 0.5) is 13.2 Å². The number of nitrogens with zero attached hydrogens (tertiary/aromatic N) is 3. The summed E-state index contributed by atoms with van der Waals surface area (Å²) in [6.07, 6.45) is -1.46. The van der Waals surface area contributed by atoms with Gasteiger partial charge in [-0.2, -0.15) is 18.4 Å². The minimum atomic E-state index is -4.72. The van der Waals surface area contributed by atoms with Gasteiger partial charge in [-0.25, -0.2) is 4.98 Å². The van der Waals surface area contributed by atoms with Crippen LogP contribution in [0.2, 0.25) is 0 Å². The van der Waals surface area contributed by atoms with Crippen LogP contribution in [0, 0.1) is 34.5 Å².